The van der Waals surface area contributed by atoms with Crippen LogP contribution >= 0.6 is 0 Å². The molecule has 0 bridgehead atoms. The largest absolute Gasteiger partial charge is 0.195 e. The van der Waals surface area contributed by atoms with Gasteiger partial charge in [-0.1, -0.05) is 138 Å². The maximum atomic E-state index is 2.37. The van der Waals surface area contributed by atoms with Gasteiger partial charge in [-0.05, 0) is 100 Å². The molecule has 0 amide bonds. The molecule has 0 unspecified atom stereocenters. The van der Waals surface area contributed by atoms with E-state index in [4.69, 9.17) is 0 Å². The molecule has 0 nitrogen and oxygen atoms in total. The highest BCUT2D eigenvalue weighted by Gasteiger charge is 2.32. The van der Waals surface area contributed by atoms with Gasteiger partial charge in [0.25, 0.3) is 0 Å². The summed E-state index contributed by atoms with van der Waals surface area (Å²) in [4.78, 5) is 0. The minimum absolute atomic E-state index is 1.25. The topological polar surface area (TPSA) is 0 Å². The van der Waals surface area contributed by atoms with Gasteiger partial charge >= 0.3 is 0 Å². The molecule has 0 heterocycles. The molecule has 48 heavy (non-hydrogen) atoms. The van der Waals surface area contributed by atoms with Crippen molar-refractivity contribution >= 4 is 28.0 Å². The molecule has 0 aromatic heterocycles. The van der Waals surface area contributed by atoms with Crippen LogP contribution in [0.15, 0.2) is 188 Å². The molecule has 0 aliphatic heterocycles. The average molecular weight is 619 g/mol. The monoisotopic (exact) mass is 618 g/mol. The molecule has 0 saturated carbocycles. The summed E-state index contributed by atoms with van der Waals surface area (Å²) in [6.45, 7) is 8.75. The van der Waals surface area contributed by atoms with Gasteiger partial charge in [-0.25, -0.2) is 0 Å². The van der Waals surface area contributed by atoms with Crippen molar-refractivity contribution in [2.24, 2.45) is 0 Å². The molecule has 0 saturated heterocycles. The quantitative estimate of drug-likeness (QED) is 0.0951. The summed E-state index contributed by atoms with van der Waals surface area (Å²) >= 11 is 0. The number of benzene rings is 7. The first kappa shape index (κ1) is 32.4. The maximum absolute atomic E-state index is 2.37. The van der Waals surface area contributed by atoms with Crippen molar-refractivity contribution in [3.8, 4) is 0 Å². The fourth-order valence-corrected chi connectivity index (χ4v) is 7.23. The van der Waals surface area contributed by atoms with Crippen molar-refractivity contribution in [1.82, 2.24) is 0 Å². The van der Waals surface area contributed by atoms with Crippen molar-refractivity contribution in [3.05, 3.63) is 233 Å². The fourth-order valence-electron chi connectivity index (χ4n) is 7.23. The molecule has 1 heteroatoms. The molecule has 7 rings (SSSR count). The van der Waals surface area contributed by atoms with E-state index in [0.29, 0.717) is 0 Å². The van der Waals surface area contributed by atoms with Crippen molar-refractivity contribution in [1.29, 1.82) is 0 Å². The molecule has 0 aliphatic carbocycles. The van der Waals surface area contributed by atoms with Gasteiger partial charge in [-0.2, -0.15) is 21.9 Å². The highest BCUT2D eigenvalue weighted by Crippen LogP contribution is 2.30. The second kappa shape index (κ2) is 14.9. The van der Waals surface area contributed by atoms with Crippen LogP contribution in [0.4, 0.5) is 0 Å². The summed E-state index contributed by atoms with van der Waals surface area (Å²) < 4.78 is 0. The van der Waals surface area contributed by atoms with E-state index in [-0.39, 0.29) is 0 Å². The van der Waals surface area contributed by atoms with E-state index in [2.05, 4.69) is 216 Å². The van der Waals surface area contributed by atoms with E-state index in [1.807, 2.05) is 0 Å². The zero-order chi connectivity index (χ0) is 33.3. The Morgan fingerprint density at radius 1 is 0.292 bits per heavy atom. The van der Waals surface area contributed by atoms with Crippen molar-refractivity contribution in [2.45, 2.75) is 27.7 Å². The molecule has 0 spiro atoms. The zero-order valence-electron chi connectivity index (χ0n) is 28.5. The lowest BCUT2D eigenvalue weighted by atomic mass is 9.13. The van der Waals surface area contributed by atoms with E-state index >= 15 is 0 Å². The first-order chi connectivity index (χ1) is 23.4. The highest BCUT2D eigenvalue weighted by atomic mass is 14.2. The van der Waals surface area contributed by atoms with E-state index < -0.39 is 6.15 Å². The Labute approximate surface area is 287 Å². The molecule has 7 aromatic rings. The Morgan fingerprint density at radius 3 is 0.771 bits per heavy atom. The maximum Gasteiger partial charge on any atom is 0.108 e. The third-order valence-corrected chi connectivity index (χ3v) is 9.36. The summed E-state index contributed by atoms with van der Waals surface area (Å²) in [7, 11) is 0. The van der Waals surface area contributed by atoms with Crippen LogP contribution in [0, 0.1) is 33.6 Å². The minimum Gasteiger partial charge on any atom is -0.195 e. The van der Waals surface area contributed by atoms with E-state index in [1.54, 1.807) is 0 Å². The minimum atomic E-state index is -1.29. The lowest BCUT2D eigenvalue weighted by molar-refractivity contribution is 1.23. The molecular formula is C47H43B. The summed E-state index contributed by atoms with van der Waals surface area (Å²) in [5.41, 5.74) is 14.4. The predicted octanol–water partition coefficient (Wildman–Crippen LogP) is 9.00. The van der Waals surface area contributed by atoms with Crippen LogP contribution in [0.5, 0.6) is 0 Å². The van der Waals surface area contributed by atoms with Gasteiger partial charge in [0.2, 0.25) is 0 Å². The Hall–Kier alpha value is -5.53. The number of hydrogen-bond donors (Lipinski definition) is 0. The molecule has 0 aliphatic rings. The smallest absolute Gasteiger partial charge is 0.108 e. The highest BCUT2D eigenvalue weighted by molar-refractivity contribution is 7.19. The molecule has 0 radical (unpaired) electrons. The van der Waals surface area contributed by atoms with E-state index in [9.17, 15) is 0 Å². The second-order valence-electron chi connectivity index (χ2n) is 13.0. The van der Waals surface area contributed by atoms with Gasteiger partial charge in [0.05, 0.1) is 22.6 Å². The SMILES string of the molecule is Cc1cccc([B-](c2cccc(C)c2)(c2cccc(C)c2)c2cccc(C)c2)c1.c1ccc([C+](c2ccccc2)c2ccccc2)cc1. The van der Waals surface area contributed by atoms with E-state index in [0.717, 1.165) is 0 Å². The first-order valence-electron chi connectivity index (χ1n) is 16.9. The van der Waals surface area contributed by atoms with Gasteiger partial charge in [0.15, 0.2) is 0 Å². The normalized spacial score (nSPS) is 10.9. The summed E-state index contributed by atoms with van der Waals surface area (Å²) in [6, 6.07) is 67.9. The third kappa shape index (κ3) is 7.07. The van der Waals surface area contributed by atoms with Gasteiger partial charge in [-0.15, -0.1) is 0 Å². The lowest BCUT2D eigenvalue weighted by Crippen LogP contribution is -2.75. The molecule has 7 aromatic carbocycles. The number of rotatable bonds is 7. The van der Waals surface area contributed by atoms with Crippen molar-refractivity contribution in [3.63, 3.8) is 0 Å². The molecule has 0 fully saturated rings. The Balaban J connectivity index is 0.000000182. The molecule has 0 atom stereocenters. The predicted molar refractivity (Wildman–Crippen MR) is 209 cm³/mol. The van der Waals surface area contributed by atoms with Gasteiger partial charge in [0, 0.05) is 0 Å². The summed E-state index contributed by atoms with van der Waals surface area (Å²) in [5.74, 6) is 1.28. The number of hydrogen-bond acceptors (Lipinski definition) is 0. The standard InChI is InChI=1S/C28H28B.C19H15/c1-21-9-5-13-25(17-21)29(26-14-6-10-22(2)18-26,27-15-7-11-23(3)19-27)28-16-8-12-24(4)20-28;1-4-10-16(11-5-1)19(17-12-6-2-7-13-17)18-14-8-3-9-15-18/h5-20H,1-4H3;1-15H/q-1;+1. The van der Waals surface area contributed by atoms with Gasteiger partial charge in [-0.3, -0.25) is 0 Å². The molecule has 234 valence electrons. The fraction of sp³-hybridized carbons (Fsp3) is 0.0851. The Kier molecular flexibility index (Phi) is 10.1. The van der Waals surface area contributed by atoms with Crippen LogP contribution in [-0.4, -0.2) is 6.15 Å². The average Bonchev–Trinajstić information content (AvgIpc) is 3.11. The Bertz CT molecular complexity index is 1780. The van der Waals surface area contributed by atoms with Crippen LogP contribution in [-0.2, 0) is 0 Å². The summed E-state index contributed by atoms with van der Waals surface area (Å²) in [6.07, 6.45) is -1.29. The lowest BCUT2D eigenvalue weighted by Gasteiger charge is -2.45. The van der Waals surface area contributed by atoms with Crippen molar-refractivity contribution in [2.75, 3.05) is 0 Å². The van der Waals surface area contributed by atoms with Crippen LogP contribution < -0.4 is 21.9 Å². The van der Waals surface area contributed by atoms with Crippen molar-refractivity contribution < 1.29 is 0 Å². The molecule has 0 N–H and O–H groups in total. The Morgan fingerprint density at radius 2 is 0.542 bits per heavy atom. The zero-order valence-corrected chi connectivity index (χ0v) is 28.5. The molecular weight excluding hydrogens is 575 g/mol. The second-order valence-corrected chi connectivity index (χ2v) is 13.0. The van der Waals surface area contributed by atoms with Gasteiger partial charge < -0.3 is 0 Å². The first-order valence-corrected chi connectivity index (χ1v) is 16.9. The van der Waals surface area contributed by atoms with E-state index in [1.165, 1.54) is 66.7 Å². The van der Waals surface area contributed by atoms with Crippen LogP contribution in [0.25, 0.3) is 0 Å². The van der Waals surface area contributed by atoms with Gasteiger partial charge in [0.1, 0.15) is 6.15 Å². The third-order valence-electron chi connectivity index (χ3n) is 9.36. The van der Waals surface area contributed by atoms with Crippen LogP contribution in [0.3, 0.4) is 0 Å². The number of aryl methyl sites for hydroxylation is 4. The van der Waals surface area contributed by atoms with Crippen LogP contribution in [0.2, 0.25) is 0 Å². The van der Waals surface area contributed by atoms with Crippen LogP contribution in [0.1, 0.15) is 38.9 Å². The summed E-state index contributed by atoms with van der Waals surface area (Å²) in [5, 5.41) is 0.